The lowest BCUT2D eigenvalue weighted by Gasteiger charge is -2.54. The molecule has 3 aliphatic heterocycles. The third kappa shape index (κ3) is 2.04. The molecule has 0 aliphatic carbocycles. The molecule has 7 heteroatoms. The van der Waals surface area contributed by atoms with E-state index in [0.29, 0.717) is 0 Å². The molecule has 138 valence electrons. The van der Waals surface area contributed by atoms with Crippen molar-refractivity contribution in [2.24, 2.45) is 0 Å². The van der Waals surface area contributed by atoms with Crippen LogP contribution in [0, 0.1) is 0 Å². The first-order valence-electron chi connectivity index (χ1n) is 8.77. The lowest BCUT2D eigenvalue weighted by Crippen LogP contribution is -2.78. The first-order valence-corrected chi connectivity index (χ1v) is 8.77. The van der Waals surface area contributed by atoms with Crippen molar-refractivity contribution in [1.29, 1.82) is 0 Å². The molecule has 1 spiro atoms. The number of ether oxygens (including phenoxy) is 1. The quantitative estimate of drug-likeness (QED) is 0.462. The first kappa shape index (κ1) is 16.4. The molecule has 2 atom stereocenters. The van der Waals surface area contributed by atoms with Gasteiger partial charge in [0.1, 0.15) is 0 Å². The second-order valence-electron chi connectivity index (χ2n) is 6.84. The summed E-state index contributed by atoms with van der Waals surface area (Å²) in [5.41, 5.74) is -0.153. The van der Waals surface area contributed by atoms with Gasteiger partial charge in [0.2, 0.25) is 5.72 Å². The largest absolute Gasteiger partial charge is 0.429 e. The second-order valence-corrected chi connectivity index (χ2v) is 6.84. The van der Waals surface area contributed by atoms with Crippen LogP contribution in [0.5, 0.6) is 0 Å². The van der Waals surface area contributed by atoms with Gasteiger partial charge in [-0.2, -0.15) is 0 Å². The number of β-lactam (4-membered cyclic amide) rings is 1. The minimum atomic E-state index is -1.47. The summed E-state index contributed by atoms with van der Waals surface area (Å²) >= 11 is 0. The SMILES string of the molecule is O=C1C=C[C@]2(O1)[C@H](N1C(=O)c3ccccc3C1=O)C(=O)N2Cc1ccccc1. The summed E-state index contributed by atoms with van der Waals surface area (Å²) in [4.78, 5) is 52.9. The van der Waals surface area contributed by atoms with Gasteiger partial charge >= 0.3 is 5.97 Å². The van der Waals surface area contributed by atoms with Crippen LogP contribution in [0.25, 0.3) is 0 Å². The maximum absolute atomic E-state index is 13.0. The summed E-state index contributed by atoms with van der Waals surface area (Å²) in [7, 11) is 0. The summed E-state index contributed by atoms with van der Waals surface area (Å²) in [6.45, 7) is 0.191. The Hall–Kier alpha value is -3.74. The number of hydrogen-bond acceptors (Lipinski definition) is 5. The molecule has 28 heavy (non-hydrogen) atoms. The van der Waals surface area contributed by atoms with E-state index in [1.807, 2.05) is 30.3 Å². The predicted molar refractivity (Wildman–Crippen MR) is 95.7 cm³/mol. The van der Waals surface area contributed by atoms with E-state index in [2.05, 4.69) is 0 Å². The third-order valence-corrected chi connectivity index (χ3v) is 5.30. The van der Waals surface area contributed by atoms with Crippen LogP contribution in [0.3, 0.4) is 0 Å². The Bertz CT molecular complexity index is 1040. The minimum absolute atomic E-state index is 0.191. The van der Waals surface area contributed by atoms with E-state index in [1.165, 1.54) is 17.1 Å². The zero-order chi connectivity index (χ0) is 19.5. The van der Waals surface area contributed by atoms with Gasteiger partial charge in [0, 0.05) is 12.6 Å². The Morgan fingerprint density at radius 3 is 2.04 bits per heavy atom. The number of hydrogen-bond donors (Lipinski definition) is 0. The normalized spacial score (nSPS) is 25.4. The number of imide groups is 1. The van der Waals surface area contributed by atoms with E-state index in [1.54, 1.807) is 24.3 Å². The molecular formula is C21H14N2O5. The highest BCUT2D eigenvalue weighted by Crippen LogP contribution is 2.44. The van der Waals surface area contributed by atoms with Gasteiger partial charge in [-0.3, -0.25) is 24.2 Å². The van der Waals surface area contributed by atoms with Crippen LogP contribution in [0.4, 0.5) is 0 Å². The van der Waals surface area contributed by atoms with Gasteiger partial charge in [-0.25, -0.2) is 4.79 Å². The molecule has 1 fully saturated rings. The van der Waals surface area contributed by atoms with Crippen molar-refractivity contribution < 1.29 is 23.9 Å². The van der Waals surface area contributed by atoms with Gasteiger partial charge in [-0.15, -0.1) is 0 Å². The maximum atomic E-state index is 13.0. The van der Waals surface area contributed by atoms with Crippen molar-refractivity contribution in [2.45, 2.75) is 18.3 Å². The van der Waals surface area contributed by atoms with E-state index in [-0.39, 0.29) is 17.7 Å². The lowest BCUT2D eigenvalue weighted by molar-refractivity contribution is -0.215. The number of likely N-dealkylation sites (tertiary alicyclic amines) is 1. The summed E-state index contributed by atoms with van der Waals surface area (Å²) in [6, 6.07) is 14.4. The van der Waals surface area contributed by atoms with Gasteiger partial charge in [-0.1, -0.05) is 42.5 Å². The molecule has 3 heterocycles. The average Bonchev–Trinajstić information content (AvgIpc) is 3.23. The molecule has 0 saturated carbocycles. The predicted octanol–water partition coefficient (Wildman–Crippen LogP) is 1.50. The Morgan fingerprint density at radius 2 is 1.46 bits per heavy atom. The monoisotopic (exact) mass is 374 g/mol. The number of benzene rings is 2. The molecule has 0 N–H and O–H groups in total. The van der Waals surface area contributed by atoms with Crippen LogP contribution >= 0.6 is 0 Å². The van der Waals surface area contributed by atoms with Crippen LogP contribution in [0.1, 0.15) is 26.3 Å². The average molecular weight is 374 g/mol. The van der Waals surface area contributed by atoms with Crippen LogP contribution in [-0.4, -0.2) is 45.3 Å². The number of fused-ring (bicyclic) bond motifs is 1. The molecule has 0 aromatic heterocycles. The summed E-state index contributed by atoms with van der Waals surface area (Å²) in [5, 5.41) is 0. The van der Waals surface area contributed by atoms with Gasteiger partial charge in [-0.05, 0) is 23.8 Å². The van der Waals surface area contributed by atoms with Gasteiger partial charge < -0.3 is 4.74 Å². The van der Waals surface area contributed by atoms with Gasteiger partial charge in [0.25, 0.3) is 17.7 Å². The van der Waals surface area contributed by atoms with Crippen molar-refractivity contribution in [3.05, 3.63) is 83.4 Å². The van der Waals surface area contributed by atoms with Crippen LogP contribution in [0.2, 0.25) is 0 Å². The van der Waals surface area contributed by atoms with Crippen molar-refractivity contribution in [1.82, 2.24) is 9.80 Å². The Kier molecular flexibility index (Phi) is 3.30. The van der Waals surface area contributed by atoms with Crippen molar-refractivity contribution in [3.8, 4) is 0 Å². The highest BCUT2D eigenvalue weighted by Gasteiger charge is 2.68. The Labute approximate surface area is 159 Å². The standard InChI is InChI=1S/C21H14N2O5/c24-16-10-11-21(28-16)17(20(27)22(21)12-13-6-2-1-3-7-13)23-18(25)14-8-4-5-9-15(14)19(23)26/h1-11,17H,12H2/t17-,21+/m1/s1. The number of rotatable bonds is 3. The van der Waals surface area contributed by atoms with E-state index in [4.69, 9.17) is 4.74 Å². The molecule has 2 aromatic rings. The fourth-order valence-corrected chi connectivity index (χ4v) is 3.99. The Balaban J connectivity index is 1.53. The van der Waals surface area contributed by atoms with Crippen molar-refractivity contribution in [3.63, 3.8) is 0 Å². The summed E-state index contributed by atoms with van der Waals surface area (Å²) in [6.07, 6.45) is 2.67. The third-order valence-electron chi connectivity index (χ3n) is 5.30. The van der Waals surface area contributed by atoms with Gasteiger partial charge in [0.15, 0.2) is 6.04 Å². The topological polar surface area (TPSA) is 84.0 Å². The Morgan fingerprint density at radius 1 is 0.857 bits per heavy atom. The zero-order valence-electron chi connectivity index (χ0n) is 14.6. The fraction of sp³-hybridized carbons (Fsp3) is 0.143. The fourth-order valence-electron chi connectivity index (χ4n) is 3.99. The van der Waals surface area contributed by atoms with Crippen LogP contribution < -0.4 is 0 Å². The van der Waals surface area contributed by atoms with Crippen LogP contribution in [0.15, 0.2) is 66.7 Å². The molecule has 0 bridgehead atoms. The molecule has 3 aliphatic rings. The molecule has 5 rings (SSSR count). The van der Waals surface area contributed by atoms with E-state index in [0.717, 1.165) is 10.5 Å². The van der Waals surface area contributed by atoms with Crippen molar-refractivity contribution >= 4 is 23.7 Å². The lowest BCUT2D eigenvalue weighted by atomic mass is 9.88. The highest BCUT2D eigenvalue weighted by atomic mass is 16.6. The number of carbonyl (C=O) groups excluding carboxylic acids is 4. The highest BCUT2D eigenvalue weighted by molar-refractivity contribution is 6.23. The maximum Gasteiger partial charge on any atom is 0.333 e. The molecule has 2 aromatic carbocycles. The summed E-state index contributed by atoms with van der Waals surface area (Å²) in [5.74, 6) is -2.19. The number of esters is 1. The molecule has 0 unspecified atom stereocenters. The zero-order valence-corrected chi connectivity index (χ0v) is 14.6. The number of nitrogens with zero attached hydrogens (tertiary/aromatic N) is 2. The minimum Gasteiger partial charge on any atom is -0.429 e. The van der Waals surface area contributed by atoms with Crippen LogP contribution in [-0.2, 0) is 20.9 Å². The van der Waals surface area contributed by atoms with E-state index < -0.39 is 35.5 Å². The van der Waals surface area contributed by atoms with Gasteiger partial charge in [0.05, 0.1) is 11.1 Å². The van der Waals surface area contributed by atoms with E-state index in [9.17, 15) is 19.2 Å². The summed E-state index contributed by atoms with van der Waals surface area (Å²) < 4.78 is 5.47. The van der Waals surface area contributed by atoms with Crippen molar-refractivity contribution in [2.75, 3.05) is 0 Å². The molecular weight excluding hydrogens is 360 g/mol. The number of amides is 3. The molecule has 3 amide bonds. The van der Waals surface area contributed by atoms with E-state index >= 15 is 0 Å². The molecule has 1 saturated heterocycles. The smallest absolute Gasteiger partial charge is 0.333 e. The molecule has 7 nitrogen and oxygen atoms in total. The molecule has 0 radical (unpaired) electrons. The number of carbonyl (C=O) groups is 4. The second kappa shape index (κ2) is 5.63. The first-order chi connectivity index (χ1) is 13.5.